The minimum absolute atomic E-state index is 0.687. The van der Waals surface area contributed by atoms with Gasteiger partial charge in [0.05, 0.1) is 5.56 Å². The first kappa shape index (κ1) is 12.1. The van der Waals surface area contributed by atoms with E-state index in [1.54, 1.807) is 12.4 Å². The zero-order valence-corrected chi connectivity index (χ0v) is 10.8. The summed E-state index contributed by atoms with van der Waals surface area (Å²) in [5.41, 5.74) is 4.57. The minimum Gasteiger partial charge on any atom is -0.264 e. The maximum absolute atomic E-state index is 9.55. The standard InChI is InChI=1S/C18H12N2/c19-12-18-16(14-6-2-1-3-7-14)9-4-10-17(18)15-8-5-11-20-13-15/h1-11,13H. The molecular formula is C18H12N2. The maximum atomic E-state index is 9.55. The average Bonchev–Trinajstić information content (AvgIpc) is 2.55. The summed E-state index contributed by atoms with van der Waals surface area (Å²) in [5, 5.41) is 9.55. The van der Waals surface area contributed by atoms with E-state index >= 15 is 0 Å². The van der Waals surface area contributed by atoms with Gasteiger partial charge in [-0.3, -0.25) is 4.98 Å². The zero-order valence-electron chi connectivity index (χ0n) is 10.8. The van der Waals surface area contributed by atoms with Crippen molar-refractivity contribution in [2.24, 2.45) is 0 Å². The van der Waals surface area contributed by atoms with E-state index in [1.165, 1.54) is 0 Å². The summed E-state index contributed by atoms with van der Waals surface area (Å²) in [6, 6.07) is 22.1. The Morgan fingerprint density at radius 2 is 1.45 bits per heavy atom. The quantitative estimate of drug-likeness (QED) is 0.686. The van der Waals surface area contributed by atoms with Crippen LogP contribution in [-0.4, -0.2) is 4.98 Å². The van der Waals surface area contributed by atoms with Crippen LogP contribution < -0.4 is 0 Å². The molecular weight excluding hydrogens is 244 g/mol. The molecule has 0 unspecified atom stereocenters. The third kappa shape index (κ3) is 2.17. The number of pyridine rings is 1. The molecule has 20 heavy (non-hydrogen) atoms. The van der Waals surface area contributed by atoms with Gasteiger partial charge in [-0.05, 0) is 11.6 Å². The van der Waals surface area contributed by atoms with Crippen molar-refractivity contribution in [3.63, 3.8) is 0 Å². The third-order valence-electron chi connectivity index (χ3n) is 3.23. The number of hydrogen-bond donors (Lipinski definition) is 0. The lowest BCUT2D eigenvalue weighted by atomic mass is 9.93. The average molecular weight is 256 g/mol. The predicted molar refractivity (Wildman–Crippen MR) is 79.8 cm³/mol. The van der Waals surface area contributed by atoms with E-state index in [2.05, 4.69) is 11.1 Å². The van der Waals surface area contributed by atoms with Crippen LogP contribution in [0.5, 0.6) is 0 Å². The fourth-order valence-corrected chi connectivity index (χ4v) is 2.29. The molecule has 94 valence electrons. The van der Waals surface area contributed by atoms with E-state index in [-0.39, 0.29) is 0 Å². The lowest BCUT2D eigenvalue weighted by Gasteiger charge is -2.09. The molecule has 0 aliphatic heterocycles. The molecule has 0 aliphatic rings. The van der Waals surface area contributed by atoms with E-state index in [4.69, 9.17) is 0 Å². The summed E-state index contributed by atoms with van der Waals surface area (Å²) in [7, 11) is 0. The van der Waals surface area contributed by atoms with Gasteiger partial charge in [-0.2, -0.15) is 5.26 Å². The maximum Gasteiger partial charge on any atom is 0.100 e. The zero-order chi connectivity index (χ0) is 13.8. The van der Waals surface area contributed by atoms with Crippen LogP contribution in [0.3, 0.4) is 0 Å². The largest absolute Gasteiger partial charge is 0.264 e. The normalized spacial score (nSPS) is 9.95. The fourth-order valence-electron chi connectivity index (χ4n) is 2.29. The Morgan fingerprint density at radius 1 is 0.750 bits per heavy atom. The lowest BCUT2D eigenvalue weighted by molar-refractivity contribution is 1.33. The van der Waals surface area contributed by atoms with Crippen molar-refractivity contribution in [2.75, 3.05) is 0 Å². The molecule has 0 N–H and O–H groups in total. The van der Waals surface area contributed by atoms with Crippen LogP contribution in [0.25, 0.3) is 22.3 Å². The Morgan fingerprint density at radius 3 is 2.10 bits per heavy atom. The van der Waals surface area contributed by atoms with Crippen LogP contribution in [-0.2, 0) is 0 Å². The molecule has 0 spiro atoms. The molecule has 2 nitrogen and oxygen atoms in total. The second-order valence-electron chi connectivity index (χ2n) is 4.45. The van der Waals surface area contributed by atoms with Crippen LogP contribution in [0.15, 0.2) is 73.1 Å². The molecule has 3 rings (SSSR count). The number of aromatic nitrogens is 1. The summed E-state index contributed by atoms with van der Waals surface area (Å²) >= 11 is 0. The second kappa shape index (κ2) is 5.38. The van der Waals surface area contributed by atoms with Crippen LogP contribution in [0.2, 0.25) is 0 Å². The van der Waals surface area contributed by atoms with Gasteiger partial charge in [-0.25, -0.2) is 0 Å². The second-order valence-corrected chi connectivity index (χ2v) is 4.45. The van der Waals surface area contributed by atoms with Gasteiger partial charge < -0.3 is 0 Å². The van der Waals surface area contributed by atoms with Gasteiger partial charge in [-0.15, -0.1) is 0 Å². The molecule has 2 aromatic carbocycles. The van der Waals surface area contributed by atoms with E-state index in [9.17, 15) is 5.26 Å². The van der Waals surface area contributed by atoms with Gasteiger partial charge >= 0.3 is 0 Å². The Hall–Kier alpha value is -2.92. The van der Waals surface area contributed by atoms with Crippen molar-refractivity contribution < 1.29 is 0 Å². The van der Waals surface area contributed by atoms with Crippen LogP contribution in [0.4, 0.5) is 0 Å². The van der Waals surface area contributed by atoms with Crippen LogP contribution >= 0.6 is 0 Å². The van der Waals surface area contributed by atoms with E-state index < -0.39 is 0 Å². The van der Waals surface area contributed by atoms with E-state index in [0.29, 0.717) is 5.56 Å². The van der Waals surface area contributed by atoms with E-state index in [0.717, 1.165) is 22.3 Å². The van der Waals surface area contributed by atoms with Crippen molar-refractivity contribution in [1.29, 1.82) is 5.26 Å². The SMILES string of the molecule is N#Cc1c(-c2ccccc2)cccc1-c1cccnc1. The van der Waals surface area contributed by atoms with Gasteiger partial charge in [0.1, 0.15) is 6.07 Å². The van der Waals surface area contributed by atoms with Crippen molar-refractivity contribution in [2.45, 2.75) is 0 Å². The summed E-state index contributed by atoms with van der Waals surface area (Å²) in [6.07, 6.45) is 3.52. The smallest absolute Gasteiger partial charge is 0.100 e. The Bertz CT molecular complexity index is 699. The highest BCUT2D eigenvalue weighted by atomic mass is 14.6. The molecule has 0 saturated carbocycles. The minimum atomic E-state index is 0.687. The van der Waals surface area contributed by atoms with Crippen LogP contribution in [0, 0.1) is 11.3 Å². The molecule has 0 atom stereocenters. The molecule has 1 aromatic heterocycles. The van der Waals surface area contributed by atoms with Gasteiger partial charge in [-0.1, -0.05) is 54.6 Å². The number of nitriles is 1. The predicted octanol–water partition coefficient (Wildman–Crippen LogP) is 4.29. The highest BCUT2D eigenvalue weighted by Gasteiger charge is 2.10. The summed E-state index contributed by atoms with van der Waals surface area (Å²) in [6.45, 7) is 0. The highest BCUT2D eigenvalue weighted by Crippen LogP contribution is 2.31. The fraction of sp³-hybridized carbons (Fsp3) is 0. The number of nitrogens with zero attached hydrogens (tertiary/aromatic N) is 2. The monoisotopic (exact) mass is 256 g/mol. The van der Waals surface area contributed by atoms with Gasteiger partial charge in [0.25, 0.3) is 0 Å². The first-order chi connectivity index (χ1) is 9.90. The van der Waals surface area contributed by atoms with Crippen molar-refractivity contribution in [1.82, 2.24) is 4.98 Å². The van der Waals surface area contributed by atoms with Crippen molar-refractivity contribution in [3.8, 4) is 28.3 Å². The van der Waals surface area contributed by atoms with Gasteiger partial charge in [0, 0.05) is 29.1 Å². The molecule has 2 heteroatoms. The van der Waals surface area contributed by atoms with Gasteiger partial charge in [0.2, 0.25) is 0 Å². The Kier molecular flexibility index (Phi) is 3.26. The van der Waals surface area contributed by atoms with Gasteiger partial charge in [0.15, 0.2) is 0 Å². The molecule has 0 bridgehead atoms. The molecule has 0 saturated heterocycles. The van der Waals surface area contributed by atoms with E-state index in [1.807, 2.05) is 60.7 Å². The Labute approximate surface area is 118 Å². The highest BCUT2D eigenvalue weighted by molar-refractivity contribution is 5.81. The summed E-state index contributed by atoms with van der Waals surface area (Å²) in [4.78, 5) is 4.13. The first-order valence-corrected chi connectivity index (χ1v) is 6.39. The molecule has 0 amide bonds. The van der Waals surface area contributed by atoms with Crippen LogP contribution in [0.1, 0.15) is 5.56 Å². The topological polar surface area (TPSA) is 36.7 Å². The van der Waals surface area contributed by atoms with Crippen molar-refractivity contribution >= 4 is 0 Å². The summed E-state index contributed by atoms with van der Waals surface area (Å²) in [5.74, 6) is 0. The first-order valence-electron chi connectivity index (χ1n) is 6.39. The molecule has 1 heterocycles. The third-order valence-corrected chi connectivity index (χ3v) is 3.23. The molecule has 0 aliphatic carbocycles. The number of benzene rings is 2. The molecule has 3 aromatic rings. The molecule has 0 fully saturated rings. The lowest BCUT2D eigenvalue weighted by Crippen LogP contribution is -1.90. The van der Waals surface area contributed by atoms with Crippen molar-refractivity contribution in [3.05, 3.63) is 78.6 Å². The summed E-state index contributed by atoms with van der Waals surface area (Å²) < 4.78 is 0. The number of hydrogen-bond acceptors (Lipinski definition) is 2. The number of rotatable bonds is 2. The Balaban J connectivity index is 2.22. The molecule has 0 radical (unpaired) electrons.